The molecular formula is C21H31Cl2F6N3O. The molecule has 0 aliphatic heterocycles. The van der Waals surface area contributed by atoms with Gasteiger partial charge in [0.1, 0.15) is 0 Å². The molecule has 0 spiro atoms. The van der Waals surface area contributed by atoms with Crippen LogP contribution in [0, 0.1) is 0 Å². The van der Waals surface area contributed by atoms with E-state index >= 15 is 0 Å². The van der Waals surface area contributed by atoms with Gasteiger partial charge in [-0.25, -0.2) is 0 Å². The van der Waals surface area contributed by atoms with Gasteiger partial charge in [0.25, 0.3) is 5.91 Å². The zero-order valence-corrected chi connectivity index (χ0v) is 19.7. The topological polar surface area (TPSA) is 53.2 Å². The summed E-state index contributed by atoms with van der Waals surface area (Å²) in [6.07, 6.45) is -2.39. The maximum Gasteiger partial charge on any atom is 0.416 e. The first-order valence-corrected chi connectivity index (χ1v) is 10.6. The standard InChI is InChI=1S/C21H29F6N3O.2ClH/c22-20(23,24)16-12-15(13-17(14-16)21(25,26)27)19(31)30-9-5-4-8-28-10-11-29-18-6-2-1-3-7-18;;/h12-14,18,28-29H,1-11H2,(H,30,31);2*1H. The molecule has 2 rings (SSSR count). The van der Waals surface area contributed by atoms with Crippen LogP contribution in [0.1, 0.15) is 66.4 Å². The van der Waals surface area contributed by atoms with Crippen LogP contribution >= 0.6 is 24.8 Å². The molecule has 1 amide bonds. The van der Waals surface area contributed by atoms with E-state index in [1.54, 1.807) is 0 Å². The molecule has 0 heterocycles. The molecule has 1 aromatic rings. The normalized spacial score (nSPS) is 14.8. The van der Waals surface area contributed by atoms with Crippen LogP contribution in [-0.2, 0) is 12.4 Å². The number of nitrogens with one attached hydrogen (secondary N) is 3. The number of hydrogen-bond acceptors (Lipinski definition) is 3. The van der Waals surface area contributed by atoms with Crippen LogP contribution in [-0.4, -0.2) is 38.1 Å². The summed E-state index contributed by atoms with van der Waals surface area (Å²) in [4.78, 5) is 12.1. The van der Waals surface area contributed by atoms with E-state index in [0.29, 0.717) is 31.1 Å². The van der Waals surface area contributed by atoms with Gasteiger partial charge in [0.05, 0.1) is 11.1 Å². The fourth-order valence-electron chi connectivity index (χ4n) is 3.56. The number of alkyl halides is 6. The van der Waals surface area contributed by atoms with E-state index < -0.39 is 35.0 Å². The van der Waals surface area contributed by atoms with Gasteiger partial charge < -0.3 is 16.0 Å². The summed E-state index contributed by atoms with van der Waals surface area (Å²) < 4.78 is 77.2. The molecule has 1 aliphatic carbocycles. The second-order valence-corrected chi connectivity index (χ2v) is 7.80. The largest absolute Gasteiger partial charge is 0.416 e. The minimum absolute atomic E-state index is 0. The van der Waals surface area contributed by atoms with Gasteiger partial charge in [0, 0.05) is 31.2 Å². The Kier molecular flexibility index (Phi) is 14.4. The molecule has 0 radical (unpaired) electrons. The molecule has 192 valence electrons. The Hall–Kier alpha value is -1.23. The number of carbonyl (C=O) groups excluding carboxylic acids is 1. The lowest BCUT2D eigenvalue weighted by Gasteiger charge is -2.22. The summed E-state index contributed by atoms with van der Waals surface area (Å²) in [5, 5.41) is 9.16. The molecule has 0 saturated heterocycles. The van der Waals surface area contributed by atoms with Gasteiger partial charge in [-0.3, -0.25) is 4.79 Å². The molecule has 0 atom stereocenters. The molecule has 0 bridgehead atoms. The van der Waals surface area contributed by atoms with Crippen LogP contribution in [0.25, 0.3) is 0 Å². The highest BCUT2D eigenvalue weighted by molar-refractivity contribution is 5.94. The summed E-state index contributed by atoms with van der Waals surface area (Å²) in [6.45, 7) is 2.56. The van der Waals surface area contributed by atoms with E-state index in [1.807, 2.05) is 0 Å². The monoisotopic (exact) mass is 525 g/mol. The summed E-state index contributed by atoms with van der Waals surface area (Å²) in [6, 6.07) is 1.47. The predicted molar refractivity (Wildman–Crippen MR) is 120 cm³/mol. The molecule has 1 aromatic carbocycles. The van der Waals surface area contributed by atoms with Crippen LogP contribution in [0.2, 0.25) is 0 Å². The summed E-state index contributed by atoms with van der Waals surface area (Å²) in [5.74, 6) is -0.957. The SMILES string of the molecule is Cl.Cl.O=C(NCCCCNCCNC1CCCCC1)c1cc(C(F)(F)F)cc(C(F)(F)F)c1. The van der Waals surface area contributed by atoms with Crippen LogP contribution < -0.4 is 16.0 Å². The highest BCUT2D eigenvalue weighted by Crippen LogP contribution is 2.36. The van der Waals surface area contributed by atoms with Gasteiger partial charge in [0.15, 0.2) is 0 Å². The van der Waals surface area contributed by atoms with Gasteiger partial charge in [-0.2, -0.15) is 26.3 Å². The lowest BCUT2D eigenvalue weighted by Crippen LogP contribution is -2.36. The highest BCUT2D eigenvalue weighted by atomic mass is 35.5. The Bertz CT molecular complexity index is 678. The molecule has 33 heavy (non-hydrogen) atoms. The van der Waals surface area contributed by atoms with Crippen LogP contribution in [0.15, 0.2) is 18.2 Å². The second kappa shape index (κ2) is 14.9. The van der Waals surface area contributed by atoms with Crippen molar-refractivity contribution in [2.24, 2.45) is 0 Å². The van der Waals surface area contributed by atoms with Crippen LogP contribution in [0.3, 0.4) is 0 Å². The number of benzene rings is 1. The number of hydrogen-bond donors (Lipinski definition) is 3. The quantitative estimate of drug-likeness (QED) is 0.275. The van der Waals surface area contributed by atoms with Crippen molar-refractivity contribution in [3.05, 3.63) is 34.9 Å². The Morgan fingerprint density at radius 3 is 1.88 bits per heavy atom. The van der Waals surface area contributed by atoms with Crippen LogP contribution in [0.4, 0.5) is 26.3 Å². The summed E-state index contributed by atoms with van der Waals surface area (Å²) in [7, 11) is 0. The summed E-state index contributed by atoms with van der Waals surface area (Å²) >= 11 is 0. The van der Waals surface area contributed by atoms with E-state index in [1.165, 1.54) is 32.1 Å². The Morgan fingerprint density at radius 2 is 1.33 bits per heavy atom. The van der Waals surface area contributed by atoms with Gasteiger partial charge in [0.2, 0.25) is 0 Å². The van der Waals surface area contributed by atoms with E-state index in [4.69, 9.17) is 0 Å². The Balaban J connectivity index is 0.00000512. The van der Waals surface area contributed by atoms with Crippen molar-refractivity contribution in [2.45, 2.75) is 63.3 Å². The number of amides is 1. The van der Waals surface area contributed by atoms with Crippen molar-refractivity contribution in [3.63, 3.8) is 0 Å². The number of unbranched alkanes of at least 4 members (excludes halogenated alkanes) is 1. The lowest BCUT2D eigenvalue weighted by molar-refractivity contribution is -0.143. The number of carbonyl (C=O) groups is 1. The second-order valence-electron chi connectivity index (χ2n) is 7.80. The average molecular weight is 526 g/mol. The number of halogens is 8. The van der Waals surface area contributed by atoms with Gasteiger partial charge in [-0.15, -0.1) is 24.8 Å². The van der Waals surface area contributed by atoms with Crippen molar-refractivity contribution in [3.8, 4) is 0 Å². The van der Waals surface area contributed by atoms with Crippen LogP contribution in [0.5, 0.6) is 0 Å². The molecule has 4 nitrogen and oxygen atoms in total. The first-order chi connectivity index (χ1) is 14.6. The molecule has 1 saturated carbocycles. The fourth-order valence-corrected chi connectivity index (χ4v) is 3.56. The van der Waals surface area contributed by atoms with Crippen molar-refractivity contribution in [1.82, 2.24) is 16.0 Å². The zero-order chi connectivity index (χ0) is 22.9. The van der Waals surface area contributed by atoms with E-state index in [9.17, 15) is 31.1 Å². The maximum atomic E-state index is 12.9. The predicted octanol–water partition coefficient (Wildman–Crippen LogP) is 5.59. The molecule has 3 N–H and O–H groups in total. The summed E-state index contributed by atoms with van der Waals surface area (Å²) in [5.41, 5.74) is -3.66. The zero-order valence-electron chi connectivity index (χ0n) is 18.1. The van der Waals surface area contributed by atoms with Crippen molar-refractivity contribution < 1.29 is 31.1 Å². The molecule has 1 fully saturated rings. The number of rotatable bonds is 10. The van der Waals surface area contributed by atoms with Crippen molar-refractivity contribution in [2.75, 3.05) is 26.2 Å². The maximum absolute atomic E-state index is 12.9. The average Bonchev–Trinajstić information content (AvgIpc) is 2.71. The molecular weight excluding hydrogens is 495 g/mol. The van der Waals surface area contributed by atoms with Crippen molar-refractivity contribution in [1.29, 1.82) is 0 Å². The smallest absolute Gasteiger partial charge is 0.352 e. The molecule has 12 heteroatoms. The fraction of sp³-hybridized carbons (Fsp3) is 0.667. The molecule has 0 unspecified atom stereocenters. The van der Waals surface area contributed by atoms with Gasteiger partial charge >= 0.3 is 12.4 Å². The lowest BCUT2D eigenvalue weighted by atomic mass is 9.95. The first kappa shape index (κ1) is 31.8. The first-order valence-electron chi connectivity index (χ1n) is 10.6. The minimum atomic E-state index is -4.98. The minimum Gasteiger partial charge on any atom is -0.352 e. The third-order valence-corrected chi connectivity index (χ3v) is 5.26. The van der Waals surface area contributed by atoms with E-state index in [2.05, 4.69) is 16.0 Å². The third-order valence-electron chi connectivity index (χ3n) is 5.26. The van der Waals surface area contributed by atoms with E-state index in [0.717, 1.165) is 19.5 Å². The Morgan fingerprint density at radius 1 is 0.788 bits per heavy atom. The molecule has 0 aromatic heterocycles. The highest BCUT2D eigenvalue weighted by Gasteiger charge is 2.37. The van der Waals surface area contributed by atoms with E-state index in [-0.39, 0.29) is 37.4 Å². The van der Waals surface area contributed by atoms with Gasteiger partial charge in [-0.05, 0) is 50.4 Å². The van der Waals surface area contributed by atoms with Gasteiger partial charge in [-0.1, -0.05) is 19.3 Å². The third kappa shape index (κ3) is 11.6. The molecule has 1 aliphatic rings. The Labute approximate surface area is 202 Å². The van der Waals surface area contributed by atoms with Crippen molar-refractivity contribution >= 4 is 30.7 Å².